The summed E-state index contributed by atoms with van der Waals surface area (Å²) >= 11 is 0. The molecule has 2 N–H and O–H groups in total. The lowest BCUT2D eigenvalue weighted by atomic mass is 10.2. The lowest BCUT2D eigenvalue weighted by Gasteiger charge is -2.03. The molecule has 0 atom stereocenters. The van der Waals surface area contributed by atoms with Crippen molar-refractivity contribution in [2.75, 3.05) is 6.54 Å². The maximum Gasteiger partial charge on any atom is 0.267 e. The number of hydrogen-bond acceptors (Lipinski definition) is 3. The van der Waals surface area contributed by atoms with E-state index in [1.165, 1.54) is 6.07 Å². The molecule has 6 heteroatoms. The Hall–Kier alpha value is -2.37. The fourth-order valence-corrected chi connectivity index (χ4v) is 1.60. The molecule has 0 unspecified atom stereocenters. The molecule has 0 saturated heterocycles. The Balaban J connectivity index is 1.87. The van der Waals surface area contributed by atoms with Crippen molar-refractivity contribution in [1.29, 1.82) is 0 Å². The summed E-state index contributed by atoms with van der Waals surface area (Å²) in [5.74, 6) is -0.281. The summed E-state index contributed by atoms with van der Waals surface area (Å²) in [7, 11) is 1.84. The maximum absolute atomic E-state index is 11.7. The Morgan fingerprint density at radius 2 is 2.33 bits per heavy atom. The van der Waals surface area contributed by atoms with Crippen LogP contribution in [0.4, 0.5) is 0 Å². The molecule has 1 amide bonds. The van der Waals surface area contributed by atoms with Crippen LogP contribution in [0.5, 0.6) is 0 Å². The number of nitrogens with one attached hydrogen (secondary N) is 2. The maximum atomic E-state index is 11.7. The van der Waals surface area contributed by atoms with Gasteiger partial charge in [-0.05, 0) is 18.1 Å². The summed E-state index contributed by atoms with van der Waals surface area (Å²) in [4.78, 5) is 25.2. The highest BCUT2D eigenvalue weighted by atomic mass is 16.2. The van der Waals surface area contributed by atoms with Gasteiger partial charge in [0.15, 0.2) is 0 Å². The first-order valence-electron chi connectivity index (χ1n) is 5.60. The van der Waals surface area contributed by atoms with Crippen LogP contribution < -0.4 is 10.9 Å². The largest absolute Gasteiger partial charge is 0.350 e. The second-order valence-electron chi connectivity index (χ2n) is 3.96. The Morgan fingerprint density at radius 1 is 1.50 bits per heavy atom. The molecule has 18 heavy (non-hydrogen) atoms. The molecule has 0 saturated carbocycles. The van der Waals surface area contributed by atoms with Crippen LogP contribution in [0.2, 0.25) is 0 Å². The molecule has 2 aromatic heterocycles. The monoisotopic (exact) mass is 246 g/mol. The number of carbonyl (C=O) groups is 1. The van der Waals surface area contributed by atoms with Gasteiger partial charge in [-0.15, -0.1) is 0 Å². The zero-order chi connectivity index (χ0) is 13.0. The topological polar surface area (TPSA) is 79.8 Å². The molecule has 0 aliphatic heterocycles. The molecule has 0 aliphatic carbocycles. The molecule has 0 fully saturated rings. The first-order valence-corrected chi connectivity index (χ1v) is 5.60. The summed E-state index contributed by atoms with van der Waals surface area (Å²) in [5.41, 5.74) is 1.04. The van der Waals surface area contributed by atoms with Gasteiger partial charge in [0.05, 0.1) is 6.20 Å². The summed E-state index contributed by atoms with van der Waals surface area (Å²) < 4.78 is 1.71. The molecule has 2 heterocycles. The van der Waals surface area contributed by atoms with E-state index in [0.29, 0.717) is 13.0 Å². The molecule has 2 aromatic rings. The van der Waals surface area contributed by atoms with Gasteiger partial charge in [0, 0.05) is 25.9 Å². The predicted molar refractivity (Wildman–Crippen MR) is 66.3 cm³/mol. The quantitative estimate of drug-likeness (QED) is 0.801. The van der Waals surface area contributed by atoms with Crippen LogP contribution in [0.15, 0.2) is 35.4 Å². The van der Waals surface area contributed by atoms with Crippen molar-refractivity contribution < 1.29 is 4.79 Å². The number of nitrogens with zero attached hydrogens (tertiary/aromatic N) is 2. The first kappa shape index (κ1) is 12.1. The van der Waals surface area contributed by atoms with Crippen molar-refractivity contribution in [3.05, 3.63) is 52.2 Å². The molecular formula is C12H14N4O2. The van der Waals surface area contributed by atoms with Crippen LogP contribution in [0, 0.1) is 0 Å². The van der Waals surface area contributed by atoms with E-state index >= 15 is 0 Å². The fraction of sp³-hybridized carbons (Fsp3) is 0.250. The molecule has 0 radical (unpaired) electrons. The van der Waals surface area contributed by atoms with Gasteiger partial charge in [0.2, 0.25) is 5.56 Å². The summed E-state index contributed by atoms with van der Waals surface area (Å²) in [6.45, 7) is 0.501. The third-order valence-corrected chi connectivity index (χ3v) is 2.47. The van der Waals surface area contributed by atoms with Crippen molar-refractivity contribution in [3.63, 3.8) is 0 Å². The average Bonchev–Trinajstić information content (AvgIpc) is 2.75. The predicted octanol–water partition coefficient (Wildman–Crippen LogP) is 0.0809. The Kier molecular flexibility index (Phi) is 3.57. The highest BCUT2D eigenvalue weighted by Gasteiger charge is 2.05. The van der Waals surface area contributed by atoms with Gasteiger partial charge in [0.25, 0.3) is 5.91 Å². The summed E-state index contributed by atoms with van der Waals surface area (Å²) in [5, 5.41) is 6.78. The third-order valence-electron chi connectivity index (χ3n) is 2.47. The van der Waals surface area contributed by atoms with Crippen molar-refractivity contribution in [2.45, 2.75) is 6.42 Å². The zero-order valence-corrected chi connectivity index (χ0v) is 10.0. The minimum Gasteiger partial charge on any atom is -0.350 e. The molecule has 2 rings (SSSR count). The van der Waals surface area contributed by atoms with E-state index in [1.807, 2.05) is 13.2 Å². The lowest BCUT2D eigenvalue weighted by Crippen LogP contribution is -2.27. The first-order chi connectivity index (χ1) is 8.65. The molecule has 0 aromatic carbocycles. The number of H-pyrrole nitrogens is 1. The van der Waals surface area contributed by atoms with Crippen molar-refractivity contribution in [2.24, 2.45) is 7.05 Å². The van der Waals surface area contributed by atoms with Gasteiger partial charge in [-0.25, -0.2) is 0 Å². The lowest BCUT2D eigenvalue weighted by molar-refractivity contribution is 0.0949. The van der Waals surface area contributed by atoms with E-state index in [-0.39, 0.29) is 17.2 Å². The van der Waals surface area contributed by atoms with E-state index < -0.39 is 0 Å². The summed E-state index contributed by atoms with van der Waals surface area (Å²) in [6, 6.07) is 4.49. The highest BCUT2D eigenvalue weighted by Crippen LogP contribution is 1.96. The van der Waals surface area contributed by atoms with Crippen LogP contribution in [0.25, 0.3) is 0 Å². The normalized spacial score (nSPS) is 10.3. The van der Waals surface area contributed by atoms with Gasteiger partial charge in [-0.1, -0.05) is 6.07 Å². The number of pyridine rings is 1. The molecular weight excluding hydrogens is 232 g/mol. The van der Waals surface area contributed by atoms with Crippen LogP contribution in [0.1, 0.15) is 16.1 Å². The van der Waals surface area contributed by atoms with Crippen LogP contribution in [-0.2, 0) is 13.5 Å². The molecule has 94 valence electrons. The van der Waals surface area contributed by atoms with Gasteiger partial charge in [-0.3, -0.25) is 14.3 Å². The van der Waals surface area contributed by atoms with E-state index in [0.717, 1.165) is 5.56 Å². The average molecular weight is 246 g/mol. The van der Waals surface area contributed by atoms with Crippen molar-refractivity contribution >= 4 is 5.91 Å². The molecule has 0 bridgehead atoms. The van der Waals surface area contributed by atoms with Crippen molar-refractivity contribution in [3.8, 4) is 0 Å². The summed E-state index contributed by atoms with van der Waals surface area (Å²) in [6.07, 6.45) is 4.36. The standard InChI is InChI=1S/C12H14N4O2/c1-16-8-9(7-14-16)5-6-13-12(18)10-3-2-4-11(17)15-10/h2-4,7-8H,5-6H2,1H3,(H,13,18)(H,15,17). The van der Waals surface area contributed by atoms with Gasteiger partial charge >= 0.3 is 0 Å². The number of aromatic nitrogens is 3. The van der Waals surface area contributed by atoms with Gasteiger partial charge in [-0.2, -0.15) is 5.10 Å². The fourth-order valence-electron chi connectivity index (χ4n) is 1.60. The molecule has 0 spiro atoms. The minimum absolute atomic E-state index is 0.272. The number of aryl methyl sites for hydroxylation is 1. The third kappa shape index (κ3) is 3.07. The van der Waals surface area contributed by atoms with Gasteiger partial charge in [0.1, 0.15) is 5.69 Å². The number of carbonyl (C=O) groups excluding carboxylic acids is 1. The molecule has 0 aliphatic rings. The van der Waals surface area contributed by atoms with E-state index in [4.69, 9.17) is 0 Å². The Labute approximate surface area is 104 Å². The van der Waals surface area contributed by atoms with Crippen LogP contribution in [-0.4, -0.2) is 27.2 Å². The number of rotatable bonds is 4. The Bertz CT molecular complexity index is 600. The Morgan fingerprint density at radius 3 is 3.00 bits per heavy atom. The second kappa shape index (κ2) is 5.31. The smallest absolute Gasteiger partial charge is 0.267 e. The van der Waals surface area contributed by atoms with Gasteiger partial charge < -0.3 is 10.3 Å². The second-order valence-corrected chi connectivity index (χ2v) is 3.96. The number of hydrogen-bond donors (Lipinski definition) is 2. The van der Waals surface area contributed by atoms with E-state index in [9.17, 15) is 9.59 Å². The number of amides is 1. The van der Waals surface area contributed by atoms with Crippen LogP contribution in [0.3, 0.4) is 0 Å². The van der Waals surface area contributed by atoms with Crippen molar-refractivity contribution in [1.82, 2.24) is 20.1 Å². The minimum atomic E-state index is -0.282. The van der Waals surface area contributed by atoms with E-state index in [1.54, 1.807) is 23.0 Å². The van der Waals surface area contributed by atoms with Crippen LogP contribution >= 0.6 is 0 Å². The van der Waals surface area contributed by atoms with E-state index in [2.05, 4.69) is 15.4 Å². The SMILES string of the molecule is Cn1cc(CCNC(=O)c2cccc(=O)[nH]2)cn1. The number of aromatic amines is 1. The zero-order valence-electron chi connectivity index (χ0n) is 10.0. The highest BCUT2D eigenvalue weighted by molar-refractivity contribution is 5.92. The molecule has 6 nitrogen and oxygen atoms in total.